The predicted molar refractivity (Wildman–Crippen MR) is 288 cm³/mol. The van der Waals surface area contributed by atoms with Gasteiger partial charge in [0.1, 0.15) is 0 Å². The molecule has 320 valence electrons. The molecular formula is C64H48N2S. The number of nitrogens with zero attached hydrogens (tertiary/aromatic N) is 2. The van der Waals surface area contributed by atoms with E-state index in [1.165, 1.54) is 124 Å². The summed E-state index contributed by atoms with van der Waals surface area (Å²) in [6, 6.07) is 83.5. The largest absolute Gasteiger partial charge is 0.310 e. The van der Waals surface area contributed by atoms with Crippen molar-refractivity contribution in [2.45, 2.75) is 38.0 Å². The van der Waals surface area contributed by atoms with E-state index < -0.39 is 0 Å². The molecule has 12 aromatic rings. The molecule has 0 unspecified atom stereocenters. The molecule has 10 aromatic carbocycles. The van der Waals surface area contributed by atoms with Crippen LogP contribution in [0.2, 0.25) is 0 Å². The first kappa shape index (κ1) is 39.6. The van der Waals surface area contributed by atoms with E-state index in [4.69, 9.17) is 0 Å². The van der Waals surface area contributed by atoms with Gasteiger partial charge in [-0.2, -0.15) is 0 Å². The quantitative estimate of drug-likeness (QED) is 0.148. The van der Waals surface area contributed by atoms with Gasteiger partial charge in [-0.3, -0.25) is 0 Å². The van der Waals surface area contributed by atoms with Crippen LogP contribution < -0.4 is 4.90 Å². The van der Waals surface area contributed by atoms with Gasteiger partial charge < -0.3 is 9.47 Å². The Morgan fingerprint density at radius 1 is 0.418 bits per heavy atom. The lowest BCUT2D eigenvalue weighted by atomic mass is 9.80. The first-order chi connectivity index (χ1) is 33.2. The van der Waals surface area contributed by atoms with Crippen LogP contribution in [-0.4, -0.2) is 4.57 Å². The molecule has 1 aliphatic carbocycles. The Kier molecular flexibility index (Phi) is 9.83. The summed E-state index contributed by atoms with van der Waals surface area (Å²) in [5.74, 6) is 0.578. The van der Waals surface area contributed by atoms with Crippen molar-refractivity contribution in [1.82, 2.24) is 4.57 Å². The zero-order valence-corrected chi connectivity index (χ0v) is 38.1. The predicted octanol–water partition coefficient (Wildman–Crippen LogP) is 18.8. The topological polar surface area (TPSA) is 8.17 Å². The first-order valence-electron chi connectivity index (χ1n) is 23.9. The maximum Gasteiger partial charge on any atom is 0.0547 e. The van der Waals surface area contributed by atoms with Crippen molar-refractivity contribution < 1.29 is 0 Å². The molecule has 0 radical (unpaired) electrons. The number of fused-ring (bicyclic) bond motifs is 7. The Hall–Kier alpha value is -7.72. The second-order valence-electron chi connectivity index (χ2n) is 18.2. The normalized spacial score (nSPS) is 13.3. The third-order valence-corrected chi connectivity index (χ3v) is 15.6. The third-order valence-electron chi connectivity index (χ3n) is 14.4. The third kappa shape index (κ3) is 6.84. The van der Waals surface area contributed by atoms with Crippen LogP contribution in [0.4, 0.5) is 17.1 Å². The van der Waals surface area contributed by atoms with Crippen LogP contribution in [0.1, 0.15) is 43.6 Å². The summed E-state index contributed by atoms with van der Waals surface area (Å²) in [6.45, 7) is 0. The van der Waals surface area contributed by atoms with E-state index in [0.29, 0.717) is 5.92 Å². The van der Waals surface area contributed by atoms with Crippen LogP contribution in [0.3, 0.4) is 0 Å². The van der Waals surface area contributed by atoms with Crippen molar-refractivity contribution in [1.29, 1.82) is 0 Å². The molecular weight excluding hydrogens is 829 g/mol. The first-order valence-corrected chi connectivity index (χ1v) is 24.7. The highest BCUT2D eigenvalue weighted by Crippen LogP contribution is 2.47. The van der Waals surface area contributed by atoms with Gasteiger partial charge in [0, 0.05) is 53.6 Å². The molecule has 67 heavy (non-hydrogen) atoms. The monoisotopic (exact) mass is 876 g/mol. The summed E-state index contributed by atoms with van der Waals surface area (Å²) in [4.78, 5) is 2.49. The zero-order valence-electron chi connectivity index (χ0n) is 37.3. The maximum absolute atomic E-state index is 2.49. The van der Waals surface area contributed by atoms with Crippen LogP contribution in [0.5, 0.6) is 0 Å². The Bertz CT molecular complexity index is 3790. The Morgan fingerprint density at radius 2 is 1.07 bits per heavy atom. The second-order valence-corrected chi connectivity index (χ2v) is 19.3. The number of hydrogen-bond donors (Lipinski definition) is 0. The van der Waals surface area contributed by atoms with Crippen molar-refractivity contribution in [2.75, 3.05) is 4.90 Å². The lowest BCUT2D eigenvalue weighted by Crippen LogP contribution is -2.11. The fraction of sp³-hybridized carbons (Fsp3) is 0.0938. The van der Waals surface area contributed by atoms with E-state index in [1.807, 2.05) is 11.3 Å². The molecule has 13 rings (SSSR count). The SMILES string of the molecule is c1ccc(-n2c3ccccc3c3ccc(-c4cccc(N(c5ccc(-c6cccc7c6sc6ccccc67)cc5)c5ccccc5-c5cccc6cccc(C7CCCCC7)c56)c4)cc32)cc1. The van der Waals surface area contributed by atoms with E-state index in [2.05, 4.69) is 234 Å². The molecule has 1 saturated carbocycles. The van der Waals surface area contributed by atoms with Crippen molar-refractivity contribution >= 4 is 81.1 Å². The van der Waals surface area contributed by atoms with E-state index in [0.717, 1.165) is 22.7 Å². The minimum atomic E-state index is 0.578. The van der Waals surface area contributed by atoms with Crippen LogP contribution in [0.25, 0.3) is 91.8 Å². The van der Waals surface area contributed by atoms with Gasteiger partial charge in [0.05, 0.1) is 16.7 Å². The molecule has 1 fully saturated rings. The van der Waals surface area contributed by atoms with Crippen molar-refractivity contribution in [3.63, 3.8) is 0 Å². The van der Waals surface area contributed by atoms with Crippen LogP contribution in [-0.2, 0) is 0 Å². The number of thiophene rings is 1. The smallest absolute Gasteiger partial charge is 0.0547 e. The molecule has 0 spiro atoms. The molecule has 0 amide bonds. The molecule has 1 aliphatic rings. The summed E-state index contributed by atoms with van der Waals surface area (Å²) in [7, 11) is 0. The van der Waals surface area contributed by atoms with E-state index in [-0.39, 0.29) is 0 Å². The van der Waals surface area contributed by atoms with Gasteiger partial charge in [0.2, 0.25) is 0 Å². The van der Waals surface area contributed by atoms with Gasteiger partial charge in [-0.25, -0.2) is 0 Å². The average molecular weight is 877 g/mol. The van der Waals surface area contributed by atoms with Gasteiger partial charge >= 0.3 is 0 Å². The number of benzene rings is 10. The van der Waals surface area contributed by atoms with Gasteiger partial charge in [0.15, 0.2) is 0 Å². The zero-order chi connectivity index (χ0) is 44.3. The van der Waals surface area contributed by atoms with Gasteiger partial charge in [-0.15, -0.1) is 11.3 Å². The average Bonchev–Trinajstić information content (AvgIpc) is 3.95. The lowest BCUT2D eigenvalue weighted by molar-refractivity contribution is 0.445. The molecule has 0 N–H and O–H groups in total. The minimum Gasteiger partial charge on any atom is -0.310 e. The fourth-order valence-corrected chi connectivity index (χ4v) is 12.5. The number of anilines is 3. The van der Waals surface area contributed by atoms with Crippen LogP contribution in [0, 0.1) is 0 Å². The standard InChI is InChI=1S/C64H48N2S/c1-3-17-43(18-4-1)51-28-14-19-45-20-15-30-57(63(45)51)54-26-8-10-32-59(54)65(49-38-35-44(36-39-49)52-29-16-31-58-56-27-9-12-34-62(56)67-64(52)58)50-24-13-21-46(41-50)47-37-40-55-53-25-7-11-33-60(53)66(61(55)42-47)48-22-5-2-6-23-48/h2,5-16,19-43H,1,3-4,17-18H2. The Balaban J connectivity index is 0.990. The highest BCUT2D eigenvalue weighted by Gasteiger charge is 2.24. The number of aromatic nitrogens is 1. The lowest BCUT2D eigenvalue weighted by Gasteiger charge is -2.29. The summed E-state index contributed by atoms with van der Waals surface area (Å²) in [6.07, 6.45) is 6.46. The molecule has 0 bridgehead atoms. The van der Waals surface area contributed by atoms with Crippen molar-refractivity contribution in [3.8, 4) is 39.1 Å². The fourth-order valence-electron chi connectivity index (χ4n) is 11.3. The van der Waals surface area contributed by atoms with Gasteiger partial charge in [-0.1, -0.05) is 183 Å². The van der Waals surface area contributed by atoms with Crippen molar-refractivity contribution in [2.24, 2.45) is 0 Å². The molecule has 0 atom stereocenters. The molecule has 0 aliphatic heterocycles. The summed E-state index contributed by atoms with van der Waals surface area (Å²) in [5, 5.41) is 7.86. The van der Waals surface area contributed by atoms with Gasteiger partial charge in [-0.05, 0) is 124 Å². The van der Waals surface area contributed by atoms with E-state index >= 15 is 0 Å². The number of rotatable bonds is 8. The maximum atomic E-state index is 2.49. The summed E-state index contributed by atoms with van der Waals surface area (Å²) in [5.41, 5.74) is 15.8. The molecule has 2 aromatic heterocycles. The highest BCUT2D eigenvalue weighted by molar-refractivity contribution is 7.26. The summed E-state index contributed by atoms with van der Waals surface area (Å²) < 4.78 is 5.07. The Labute approximate surface area is 395 Å². The Morgan fingerprint density at radius 3 is 1.96 bits per heavy atom. The second kappa shape index (κ2) is 16.6. The molecule has 0 saturated heterocycles. The number of para-hydroxylation sites is 3. The summed E-state index contributed by atoms with van der Waals surface area (Å²) >= 11 is 1.89. The number of hydrogen-bond acceptors (Lipinski definition) is 2. The minimum absolute atomic E-state index is 0.578. The van der Waals surface area contributed by atoms with Crippen LogP contribution >= 0.6 is 11.3 Å². The molecule has 2 nitrogen and oxygen atoms in total. The highest BCUT2D eigenvalue weighted by atomic mass is 32.1. The molecule has 2 heterocycles. The van der Waals surface area contributed by atoms with E-state index in [1.54, 1.807) is 0 Å². The van der Waals surface area contributed by atoms with Crippen LogP contribution in [0.15, 0.2) is 224 Å². The van der Waals surface area contributed by atoms with Crippen molar-refractivity contribution in [3.05, 3.63) is 230 Å². The molecule has 3 heteroatoms. The van der Waals surface area contributed by atoms with E-state index in [9.17, 15) is 0 Å². The van der Waals surface area contributed by atoms with Gasteiger partial charge in [0.25, 0.3) is 0 Å².